The van der Waals surface area contributed by atoms with Gasteiger partial charge in [-0.25, -0.2) is 0 Å². The van der Waals surface area contributed by atoms with Gasteiger partial charge in [0.1, 0.15) is 0 Å². The van der Waals surface area contributed by atoms with Gasteiger partial charge in [0.15, 0.2) is 0 Å². The Morgan fingerprint density at radius 1 is 1.31 bits per heavy atom. The monoisotopic (exact) mass is 179 g/mol. The number of aromatic nitrogens is 2. The molecule has 0 aliphatic heterocycles. The van der Waals surface area contributed by atoms with Crippen LogP contribution in [-0.2, 0) is 5.41 Å². The van der Waals surface area contributed by atoms with Gasteiger partial charge in [0, 0.05) is 17.8 Å². The molecule has 1 heterocycles. The topological polar surface area (TPSA) is 51.8 Å². The fraction of sp³-hybridized carbons (Fsp3) is 0.600. The Morgan fingerprint density at radius 2 is 1.92 bits per heavy atom. The van der Waals surface area contributed by atoms with Crippen LogP contribution in [0.3, 0.4) is 0 Å². The molecule has 72 valence electrons. The van der Waals surface area contributed by atoms with Crippen molar-refractivity contribution in [3.8, 4) is 0 Å². The van der Waals surface area contributed by atoms with Crippen LogP contribution in [0.5, 0.6) is 0 Å². The molecule has 0 aromatic carbocycles. The van der Waals surface area contributed by atoms with Gasteiger partial charge in [-0.05, 0) is 19.9 Å². The number of aryl methyl sites for hydroxylation is 1. The molecule has 0 bridgehead atoms. The van der Waals surface area contributed by atoms with Gasteiger partial charge in [-0.2, -0.15) is 0 Å². The molecular formula is C10H17N3. The van der Waals surface area contributed by atoms with E-state index in [4.69, 9.17) is 5.73 Å². The molecule has 0 aliphatic carbocycles. The Hall–Kier alpha value is -0.960. The molecule has 1 aromatic heterocycles. The first-order chi connectivity index (χ1) is 6.08. The molecule has 3 heteroatoms. The zero-order chi connectivity index (χ0) is 9.90. The lowest BCUT2D eigenvalue weighted by Gasteiger charge is -2.24. The highest BCUT2D eigenvalue weighted by molar-refractivity contribution is 5.18. The minimum atomic E-state index is 0.0348. The molecule has 1 aromatic rings. The smallest absolute Gasteiger partial charge is 0.0672 e. The second-order valence-corrected chi connectivity index (χ2v) is 3.91. The molecule has 0 spiro atoms. The van der Waals surface area contributed by atoms with Crippen molar-refractivity contribution >= 4 is 0 Å². The standard InChI is InChI=1S/C10H17N3/c1-8-9(13-7-6-12-8)10(2,3)4-5-11/h6-7H,4-5,11H2,1-3H3. The normalized spacial score (nSPS) is 11.7. The summed E-state index contributed by atoms with van der Waals surface area (Å²) in [6, 6.07) is 0. The largest absolute Gasteiger partial charge is 0.330 e. The Bertz CT molecular complexity index is 281. The third-order valence-electron chi connectivity index (χ3n) is 2.29. The number of hydrogen-bond acceptors (Lipinski definition) is 3. The summed E-state index contributed by atoms with van der Waals surface area (Å²) >= 11 is 0. The molecule has 0 aliphatic rings. The Kier molecular flexibility index (Phi) is 2.98. The second-order valence-electron chi connectivity index (χ2n) is 3.91. The van der Waals surface area contributed by atoms with Gasteiger partial charge in [0.25, 0.3) is 0 Å². The summed E-state index contributed by atoms with van der Waals surface area (Å²) in [6.45, 7) is 6.97. The highest BCUT2D eigenvalue weighted by Crippen LogP contribution is 2.25. The fourth-order valence-corrected chi connectivity index (χ4v) is 1.55. The molecule has 3 nitrogen and oxygen atoms in total. The molecule has 1 rings (SSSR count). The molecule has 2 N–H and O–H groups in total. The van der Waals surface area contributed by atoms with Crippen LogP contribution >= 0.6 is 0 Å². The summed E-state index contributed by atoms with van der Waals surface area (Å²) in [5, 5.41) is 0. The van der Waals surface area contributed by atoms with Crippen LogP contribution < -0.4 is 5.73 Å². The van der Waals surface area contributed by atoms with E-state index in [9.17, 15) is 0 Å². The summed E-state index contributed by atoms with van der Waals surface area (Å²) in [4.78, 5) is 8.57. The van der Waals surface area contributed by atoms with Crippen molar-refractivity contribution in [2.45, 2.75) is 32.6 Å². The van der Waals surface area contributed by atoms with E-state index >= 15 is 0 Å². The van der Waals surface area contributed by atoms with Crippen molar-refractivity contribution in [2.75, 3.05) is 6.54 Å². The highest BCUT2D eigenvalue weighted by atomic mass is 14.8. The van der Waals surface area contributed by atoms with Gasteiger partial charge < -0.3 is 5.73 Å². The molecule has 0 saturated heterocycles. The molecule has 0 unspecified atom stereocenters. The number of rotatable bonds is 3. The number of nitrogens with two attached hydrogens (primary N) is 1. The van der Waals surface area contributed by atoms with E-state index in [1.165, 1.54) is 0 Å². The Balaban J connectivity index is 2.99. The maximum Gasteiger partial charge on any atom is 0.0672 e. The van der Waals surface area contributed by atoms with E-state index in [-0.39, 0.29) is 5.41 Å². The summed E-state index contributed by atoms with van der Waals surface area (Å²) in [5.74, 6) is 0. The van der Waals surface area contributed by atoms with Crippen LogP contribution in [0.4, 0.5) is 0 Å². The molecule has 0 radical (unpaired) electrons. The first-order valence-corrected chi connectivity index (χ1v) is 4.56. The maximum atomic E-state index is 5.55. The lowest BCUT2D eigenvalue weighted by atomic mass is 9.84. The van der Waals surface area contributed by atoms with Crippen LogP contribution in [-0.4, -0.2) is 16.5 Å². The van der Waals surface area contributed by atoms with Crippen molar-refractivity contribution < 1.29 is 0 Å². The third kappa shape index (κ3) is 2.25. The van der Waals surface area contributed by atoms with Crippen LogP contribution in [0.2, 0.25) is 0 Å². The molecule has 0 saturated carbocycles. The zero-order valence-electron chi connectivity index (χ0n) is 8.54. The van der Waals surface area contributed by atoms with Gasteiger partial charge in [-0.1, -0.05) is 13.8 Å². The minimum Gasteiger partial charge on any atom is -0.330 e. The van der Waals surface area contributed by atoms with Crippen molar-refractivity contribution in [1.82, 2.24) is 9.97 Å². The lowest BCUT2D eigenvalue weighted by molar-refractivity contribution is 0.467. The van der Waals surface area contributed by atoms with Gasteiger partial charge in [-0.15, -0.1) is 0 Å². The SMILES string of the molecule is Cc1nccnc1C(C)(C)CCN. The molecule has 13 heavy (non-hydrogen) atoms. The Labute approximate surface area is 79.4 Å². The van der Waals surface area contributed by atoms with Crippen LogP contribution in [0.25, 0.3) is 0 Å². The van der Waals surface area contributed by atoms with Crippen molar-refractivity contribution in [2.24, 2.45) is 5.73 Å². The van der Waals surface area contributed by atoms with E-state index in [2.05, 4.69) is 23.8 Å². The first kappa shape index (κ1) is 10.1. The lowest BCUT2D eigenvalue weighted by Crippen LogP contribution is -2.24. The quantitative estimate of drug-likeness (QED) is 0.763. The van der Waals surface area contributed by atoms with E-state index in [0.29, 0.717) is 6.54 Å². The summed E-state index contributed by atoms with van der Waals surface area (Å²) < 4.78 is 0. The van der Waals surface area contributed by atoms with Crippen molar-refractivity contribution in [3.05, 3.63) is 23.8 Å². The summed E-state index contributed by atoms with van der Waals surface area (Å²) in [6.07, 6.45) is 4.39. The second kappa shape index (κ2) is 3.83. The van der Waals surface area contributed by atoms with Crippen LogP contribution in [0.1, 0.15) is 31.7 Å². The third-order valence-corrected chi connectivity index (χ3v) is 2.29. The highest BCUT2D eigenvalue weighted by Gasteiger charge is 2.23. The predicted octanol–water partition coefficient (Wildman–Crippen LogP) is 1.41. The van der Waals surface area contributed by atoms with Crippen molar-refractivity contribution in [3.63, 3.8) is 0 Å². The molecule has 0 fully saturated rings. The van der Waals surface area contributed by atoms with E-state index in [1.54, 1.807) is 12.4 Å². The molecule has 0 atom stereocenters. The maximum absolute atomic E-state index is 5.55. The van der Waals surface area contributed by atoms with Gasteiger partial charge in [0.05, 0.1) is 11.4 Å². The zero-order valence-corrected chi connectivity index (χ0v) is 8.54. The predicted molar refractivity (Wildman–Crippen MR) is 53.5 cm³/mol. The van der Waals surface area contributed by atoms with E-state index < -0.39 is 0 Å². The van der Waals surface area contributed by atoms with Gasteiger partial charge >= 0.3 is 0 Å². The average molecular weight is 179 g/mol. The molecule has 0 amide bonds. The fourth-order valence-electron chi connectivity index (χ4n) is 1.55. The number of nitrogens with zero attached hydrogens (tertiary/aromatic N) is 2. The molecular weight excluding hydrogens is 162 g/mol. The first-order valence-electron chi connectivity index (χ1n) is 4.56. The van der Waals surface area contributed by atoms with Crippen molar-refractivity contribution in [1.29, 1.82) is 0 Å². The van der Waals surface area contributed by atoms with E-state index in [1.807, 2.05) is 6.92 Å². The van der Waals surface area contributed by atoms with Gasteiger partial charge in [0.2, 0.25) is 0 Å². The van der Waals surface area contributed by atoms with Gasteiger partial charge in [-0.3, -0.25) is 9.97 Å². The van der Waals surface area contributed by atoms with Crippen LogP contribution in [0, 0.1) is 6.92 Å². The number of hydrogen-bond donors (Lipinski definition) is 1. The minimum absolute atomic E-state index is 0.0348. The van der Waals surface area contributed by atoms with E-state index in [0.717, 1.165) is 17.8 Å². The Morgan fingerprint density at radius 3 is 2.46 bits per heavy atom. The average Bonchev–Trinajstić information content (AvgIpc) is 2.04. The van der Waals surface area contributed by atoms with Crippen LogP contribution in [0.15, 0.2) is 12.4 Å². The summed E-state index contributed by atoms with van der Waals surface area (Å²) in [7, 11) is 0. The summed E-state index contributed by atoms with van der Waals surface area (Å²) in [5.41, 5.74) is 7.65.